The number of rotatable bonds is 5. The third-order valence-electron chi connectivity index (χ3n) is 4.40. The van der Waals surface area contributed by atoms with Gasteiger partial charge in [0.2, 0.25) is 5.91 Å². The van der Waals surface area contributed by atoms with Crippen molar-refractivity contribution >= 4 is 17.5 Å². The quantitative estimate of drug-likeness (QED) is 0.909. The standard InChI is InChI=1S/C20H22N2O3/c1-25-17-12-6-5-11-16(17)21-20(24)19(15-9-3-2-4-10-15)22-14-8-7-13-18(22)23/h2-6,9-12,19H,7-8,13-14H2,1H3,(H,21,24)/t19-/m1/s1. The fraction of sp³-hybridized carbons (Fsp3) is 0.300. The summed E-state index contributed by atoms with van der Waals surface area (Å²) in [5.74, 6) is 0.383. The Morgan fingerprint density at radius 2 is 1.80 bits per heavy atom. The van der Waals surface area contributed by atoms with E-state index in [1.54, 1.807) is 24.1 Å². The number of nitrogens with one attached hydrogen (secondary N) is 1. The first-order valence-electron chi connectivity index (χ1n) is 8.49. The van der Waals surface area contributed by atoms with Crippen LogP contribution in [0, 0.1) is 0 Å². The number of methoxy groups -OCH3 is 1. The summed E-state index contributed by atoms with van der Waals surface area (Å²) in [6.45, 7) is 0.595. The van der Waals surface area contributed by atoms with Gasteiger partial charge in [-0.05, 0) is 30.5 Å². The highest BCUT2D eigenvalue weighted by Gasteiger charge is 2.32. The molecule has 1 heterocycles. The molecule has 1 N–H and O–H groups in total. The van der Waals surface area contributed by atoms with Gasteiger partial charge in [-0.2, -0.15) is 0 Å². The van der Waals surface area contributed by atoms with Crippen molar-refractivity contribution in [1.29, 1.82) is 0 Å². The monoisotopic (exact) mass is 338 g/mol. The predicted molar refractivity (Wildman–Crippen MR) is 96.4 cm³/mol. The number of carbonyl (C=O) groups excluding carboxylic acids is 2. The zero-order valence-corrected chi connectivity index (χ0v) is 14.3. The number of anilines is 1. The highest BCUT2D eigenvalue weighted by atomic mass is 16.5. The number of carbonyl (C=O) groups is 2. The van der Waals surface area contributed by atoms with Crippen LogP contribution in [0.15, 0.2) is 54.6 Å². The molecule has 2 aromatic rings. The number of hydrogen-bond donors (Lipinski definition) is 1. The molecule has 5 nitrogen and oxygen atoms in total. The van der Waals surface area contributed by atoms with Crippen LogP contribution in [0.1, 0.15) is 30.9 Å². The van der Waals surface area contributed by atoms with Crippen LogP contribution in [-0.2, 0) is 9.59 Å². The zero-order valence-electron chi connectivity index (χ0n) is 14.3. The Morgan fingerprint density at radius 3 is 2.52 bits per heavy atom. The van der Waals surface area contributed by atoms with Crippen molar-refractivity contribution < 1.29 is 14.3 Å². The first-order valence-corrected chi connectivity index (χ1v) is 8.49. The van der Waals surface area contributed by atoms with Crippen LogP contribution < -0.4 is 10.1 Å². The molecule has 0 aliphatic carbocycles. The third kappa shape index (κ3) is 3.82. The van der Waals surface area contributed by atoms with E-state index in [9.17, 15) is 9.59 Å². The Balaban J connectivity index is 1.91. The highest BCUT2D eigenvalue weighted by Crippen LogP contribution is 2.29. The number of amides is 2. The maximum absolute atomic E-state index is 13.1. The van der Waals surface area contributed by atoms with E-state index in [-0.39, 0.29) is 11.8 Å². The number of nitrogens with zero attached hydrogens (tertiary/aromatic N) is 1. The molecule has 0 unspecified atom stereocenters. The number of benzene rings is 2. The molecular weight excluding hydrogens is 316 g/mol. The van der Waals surface area contributed by atoms with Gasteiger partial charge in [0.15, 0.2) is 0 Å². The Bertz CT molecular complexity index is 746. The van der Waals surface area contributed by atoms with Gasteiger partial charge in [-0.3, -0.25) is 9.59 Å². The van der Waals surface area contributed by atoms with Crippen molar-refractivity contribution in [2.45, 2.75) is 25.3 Å². The van der Waals surface area contributed by atoms with E-state index in [1.165, 1.54) is 0 Å². The minimum Gasteiger partial charge on any atom is -0.495 e. The molecule has 2 amide bonds. The molecule has 0 saturated carbocycles. The first-order chi connectivity index (χ1) is 12.2. The summed E-state index contributed by atoms with van der Waals surface area (Å²) in [7, 11) is 1.56. The molecule has 1 fully saturated rings. The van der Waals surface area contributed by atoms with E-state index in [1.807, 2.05) is 42.5 Å². The predicted octanol–water partition coefficient (Wildman–Crippen LogP) is 3.39. The fourth-order valence-electron chi connectivity index (χ4n) is 3.16. The lowest BCUT2D eigenvalue weighted by Crippen LogP contribution is -2.43. The second kappa shape index (κ2) is 7.83. The first kappa shape index (κ1) is 17.0. The van der Waals surface area contributed by atoms with E-state index < -0.39 is 6.04 Å². The van der Waals surface area contributed by atoms with Crippen LogP contribution in [0.2, 0.25) is 0 Å². The summed E-state index contributed by atoms with van der Waals surface area (Å²) in [6, 6.07) is 16.0. The van der Waals surface area contributed by atoms with Crippen molar-refractivity contribution in [3.05, 3.63) is 60.2 Å². The molecule has 1 atom stereocenters. The van der Waals surface area contributed by atoms with Gasteiger partial charge in [0, 0.05) is 13.0 Å². The maximum atomic E-state index is 13.1. The molecule has 0 radical (unpaired) electrons. The maximum Gasteiger partial charge on any atom is 0.251 e. The van der Waals surface area contributed by atoms with Crippen LogP contribution in [0.5, 0.6) is 5.75 Å². The molecule has 1 saturated heterocycles. The summed E-state index contributed by atoms with van der Waals surface area (Å²) in [6.07, 6.45) is 2.28. The van der Waals surface area contributed by atoms with Crippen LogP contribution in [-0.4, -0.2) is 30.4 Å². The summed E-state index contributed by atoms with van der Waals surface area (Å²) < 4.78 is 5.30. The van der Waals surface area contributed by atoms with E-state index in [0.717, 1.165) is 18.4 Å². The lowest BCUT2D eigenvalue weighted by Gasteiger charge is -2.34. The zero-order chi connectivity index (χ0) is 17.6. The van der Waals surface area contributed by atoms with Gasteiger partial charge in [0.25, 0.3) is 5.91 Å². The largest absolute Gasteiger partial charge is 0.495 e. The fourth-order valence-corrected chi connectivity index (χ4v) is 3.16. The van der Waals surface area contributed by atoms with Gasteiger partial charge in [0.1, 0.15) is 11.8 Å². The molecule has 0 bridgehead atoms. The number of piperidine rings is 1. The molecule has 2 aromatic carbocycles. The summed E-state index contributed by atoms with van der Waals surface area (Å²) in [4.78, 5) is 27.2. The molecular formula is C20H22N2O3. The number of likely N-dealkylation sites (tertiary alicyclic amines) is 1. The molecule has 0 spiro atoms. The molecule has 1 aliphatic heterocycles. The van der Waals surface area contributed by atoms with Crippen LogP contribution in [0.4, 0.5) is 5.69 Å². The normalized spacial score (nSPS) is 15.6. The topological polar surface area (TPSA) is 58.6 Å². The number of para-hydroxylation sites is 2. The molecule has 130 valence electrons. The summed E-state index contributed by atoms with van der Waals surface area (Å²) in [5, 5.41) is 2.92. The van der Waals surface area contributed by atoms with Crippen molar-refractivity contribution in [2.24, 2.45) is 0 Å². The van der Waals surface area contributed by atoms with Crippen molar-refractivity contribution in [3.8, 4) is 5.75 Å². The van der Waals surface area contributed by atoms with E-state index in [2.05, 4.69) is 5.32 Å². The molecule has 5 heteroatoms. The molecule has 1 aliphatic rings. The summed E-state index contributed by atoms with van der Waals surface area (Å²) >= 11 is 0. The second-order valence-corrected chi connectivity index (χ2v) is 6.05. The average Bonchev–Trinajstić information content (AvgIpc) is 2.65. The van der Waals surface area contributed by atoms with Crippen molar-refractivity contribution in [1.82, 2.24) is 4.90 Å². The number of hydrogen-bond acceptors (Lipinski definition) is 3. The highest BCUT2D eigenvalue weighted by molar-refractivity contribution is 5.99. The van der Waals surface area contributed by atoms with Crippen molar-refractivity contribution in [3.63, 3.8) is 0 Å². The Labute approximate surface area is 147 Å². The van der Waals surface area contributed by atoms with Gasteiger partial charge < -0.3 is 15.0 Å². The SMILES string of the molecule is COc1ccccc1NC(=O)[C@@H](c1ccccc1)N1CCCCC1=O. The lowest BCUT2D eigenvalue weighted by atomic mass is 10.0. The van der Waals surface area contributed by atoms with E-state index in [4.69, 9.17) is 4.74 Å². The Hall–Kier alpha value is -2.82. The van der Waals surface area contributed by atoms with Crippen LogP contribution >= 0.6 is 0 Å². The van der Waals surface area contributed by atoms with E-state index in [0.29, 0.717) is 24.4 Å². The number of ether oxygens (including phenoxy) is 1. The van der Waals surface area contributed by atoms with Gasteiger partial charge >= 0.3 is 0 Å². The minimum absolute atomic E-state index is 0.0234. The minimum atomic E-state index is -0.640. The Kier molecular flexibility index (Phi) is 5.33. The van der Waals surface area contributed by atoms with Crippen LogP contribution in [0.25, 0.3) is 0 Å². The van der Waals surface area contributed by atoms with Crippen LogP contribution in [0.3, 0.4) is 0 Å². The van der Waals surface area contributed by atoms with Crippen molar-refractivity contribution in [2.75, 3.05) is 19.0 Å². The van der Waals surface area contributed by atoms with Gasteiger partial charge in [0.05, 0.1) is 12.8 Å². The van der Waals surface area contributed by atoms with Gasteiger partial charge in [-0.25, -0.2) is 0 Å². The molecule has 3 rings (SSSR count). The molecule has 0 aromatic heterocycles. The third-order valence-corrected chi connectivity index (χ3v) is 4.40. The molecule has 25 heavy (non-hydrogen) atoms. The van der Waals surface area contributed by atoms with Gasteiger partial charge in [-0.15, -0.1) is 0 Å². The average molecular weight is 338 g/mol. The summed E-state index contributed by atoms with van der Waals surface area (Å²) in [5.41, 5.74) is 1.41. The van der Waals surface area contributed by atoms with Gasteiger partial charge in [-0.1, -0.05) is 42.5 Å². The lowest BCUT2D eigenvalue weighted by molar-refractivity contribution is -0.141. The van der Waals surface area contributed by atoms with E-state index >= 15 is 0 Å². The second-order valence-electron chi connectivity index (χ2n) is 6.05. The smallest absolute Gasteiger partial charge is 0.251 e. The Morgan fingerprint density at radius 1 is 1.08 bits per heavy atom.